The largest absolute Gasteiger partial charge is 0.363 e. The molecule has 1 fully saturated rings. The van der Waals surface area contributed by atoms with E-state index in [-0.39, 0.29) is 10.6 Å². The highest BCUT2D eigenvalue weighted by atomic mass is 32.2. The van der Waals surface area contributed by atoms with Gasteiger partial charge >= 0.3 is 5.69 Å². The molecule has 6 nitrogen and oxygen atoms in total. The van der Waals surface area contributed by atoms with Crippen LogP contribution in [0.3, 0.4) is 0 Å². The molecule has 1 aromatic rings. The summed E-state index contributed by atoms with van der Waals surface area (Å²) in [6, 6.07) is 0. The van der Waals surface area contributed by atoms with Gasteiger partial charge in [-0.25, -0.2) is 4.68 Å². The lowest BCUT2D eigenvalue weighted by molar-refractivity contribution is -0.384. The zero-order valence-electron chi connectivity index (χ0n) is 11.4. The molecule has 1 N–H and O–H groups in total. The molecular weight excluding hydrogens is 264 g/mol. The molecule has 0 bridgehead atoms. The quantitative estimate of drug-likeness (QED) is 0.642. The average Bonchev–Trinajstić information content (AvgIpc) is 2.95. The van der Waals surface area contributed by atoms with E-state index in [2.05, 4.69) is 10.4 Å². The lowest BCUT2D eigenvalue weighted by Crippen LogP contribution is -2.16. The van der Waals surface area contributed by atoms with Crippen molar-refractivity contribution in [2.75, 3.05) is 17.6 Å². The fourth-order valence-corrected chi connectivity index (χ4v) is 3.58. The first-order chi connectivity index (χ1) is 9.13. The highest BCUT2D eigenvalue weighted by molar-refractivity contribution is 8.00. The van der Waals surface area contributed by atoms with Gasteiger partial charge < -0.3 is 5.32 Å². The van der Waals surface area contributed by atoms with E-state index in [1.165, 1.54) is 18.6 Å². The third-order valence-corrected chi connectivity index (χ3v) is 4.68. The van der Waals surface area contributed by atoms with E-state index in [4.69, 9.17) is 0 Å². The van der Waals surface area contributed by atoms with Crippen molar-refractivity contribution in [1.82, 2.24) is 9.78 Å². The van der Waals surface area contributed by atoms with E-state index in [0.29, 0.717) is 23.2 Å². The number of nitrogens with one attached hydrogen (secondary N) is 1. The summed E-state index contributed by atoms with van der Waals surface area (Å²) in [6.07, 6.45) is 3.93. The smallest absolute Gasteiger partial charge is 0.333 e. The van der Waals surface area contributed by atoms with Crippen molar-refractivity contribution in [3.05, 3.63) is 15.8 Å². The third-order valence-electron chi connectivity index (χ3n) is 3.28. The van der Waals surface area contributed by atoms with Crippen LogP contribution >= 0.6 is 11.8 Å². The second kappa shape index (κ2) is 6.27. The fourth-order valence-electron chi connectivity index (χ4n) is 2.38. The molecule has 0 aliphatic carbocycles. The topological polar surface area (TPSA) is 73.0 Å². The molecule has 1 aliphatic rings. The maximum atomic E-state index is 11.2. The second-order valence-corrected chi connectivity index (χ2v) is 6.20. The number of aryl methyl sites for hydroxylation is 2. The van der Waals surface area contributed by atoms with Gasteiger partial charge in [0.2, 0.25) is 5.82 Å². The number of hydrogen-bond acceptors (Lipinski definition) is 5. The molecule has 2 rings (SSSR count). The van der Waals surface area contributed by atoms with Crippen LogP contribution in [0.5, 0.6) is 0 Å². The van der Waals surface area contributed by atoms with Crippen molar-refractivity contribution in [2.24, 2.45) is 7.05 Å². The van der Waals surface area contributed by atoms with Gasteiger partial charge in [0.15, 0.2) is 0 Å². The Kier molecular flexibility index (Phi) is 4.68. The first kappa shape index (κ1) is 14.2. The Bertz CT molecular complexity index is 455. The number of rotatable bonds is 6. The number of nitro groups is 1. The van der Waals surface area contributed by atoms with Crippen LogP contribution < -0.4 is 5.32 Å². The average molecular weight is 284 g/mol. The Labute approximate surface area is 117 Å². The van der Waals surface area contributed by atoms with E-state index in [1.54, 1.807) is 11.7 Å². The zero-order chi connectivity index (χ0) is 13.8. The minimum absolute atomic E-state index is 0.146. The van der Waals surface area contributed by atoms with Gasteiger partial charge in [-0.1, -0.05) is 13.3 Å². The summed E-state index contributed by atoms with van der Waals surface area (Å²) in [7, 11) is 1.76. The van der Waals surface area contributed by atoms with Crippen molar-refractivity contribution in [2.45, 2.75) is 37.9 Å². The van der Waals surface area contributed by atoms with E-state index in [9.17, 15) is 10.1 Å². The molecule has 1 aromatic heterocycles. The molecule has 0 amide bonds. The van der Waals surface area contributed by atoms with Gasteiger partial charge in [-0.2, -0.15) is 16.9 Å². The lowest BCUT2D eigenvalue weighted by atomic mass is 10.2. The van der Waals surface area contributed by atoms with Crippen molar-refractivity contribution >= 4 is 23.3 Å². The van der Waals surface area contributed by atoms with Crippen molar-refractivity contribution < 1.29 is 4.92 Å². The Morgan fingerprint density at radius 1 is 1.63 bits per heavy atom. The van der Waals surface area contributed by atoms with E-state index < -0.39 is 0 Å². The number of aromatic nitrogens is 2. The summed E-state index contributed by atoms with van der Waals surface area (Å²) in [5.74, 6) is 1.74. The van der Waals surface area contributed by atoms with Gasteiger partial charge in [-0.15, -0.1) is 0 Å². The van der Waals surface area contributed by atoms with Gasteiger partial charge in [0, 0.05) is 18.8 Å². The minimum Gasteiger partial charge on any atom is -0.363 e. The van der Waals surface area contributed by atoms with E-state index in [1.807, 2.05) is 18.7 Å². The predicted octanol–water partition coefficient (Wildman–Crippen LogP) is 2.59. The monoisotopic (exact) mass is 284 g/mol. The standard InChI is InChI=1S/C12H20N4O2S/c1-3-5-10-11(16(17)18)12(15(2)14-10)13-8-9-6-4-7-19-9/h9,13H,3-8H2,1-2H3. The summed E-state index contributed by atoms with van der Waals surface area (Å²) in [5, 5.41) is 19.3. The SMILES string of the molecule is CCCc1nn(C)c(NCC2CCCS2)c1[N+](=O)[O-]. The number of anilines is 1. The number of thioether (sulfide) groups is 1. The Morgan fingerprint density at radius 2 is 2.42 bits per heavy atom. The fraction of sp³-hybridized carbons (Fsp3) is 0.750. The lowest BCUT2D eigenvalue weighted by Gasteiger charge is -2.10. The summed E-state index contributed by atoms with van der Waals surface area (Å²) in [4.78, 5) is 10.9. The van der Waals surface area contributed by atoms with Gasteiger partial charge in [0.25, 0.3) is 0 Å². The summed E-state index contributed by atoms with van der Waals surface area (Å²) in [5.41, 5.74) is 0.726. The molecule has 0 aromatic carbocycles. The van der Waals surface area contributed by atoms with Gasteiger partial charge in [-0.05, 0) is 25.0 Å². The minimum atomic E-state index is -0.317. The van der Waals surface area contributed by atoms with Crippen molar-refractivity contribution in [3.8, 4) is 0 Å². The zero-order valence-corrected chi connectivity index (χ0v) is 12.2. The Morgan fingerprint density at radius 3 is 3.00 bits per heavy atom. The van der Waals surface area contributed by atoms with Crippen molar-refractivity contribution in [3.63, 3.8) is 0 Å². The normalized spacial score (nSPS) is 18.7. The molecule has 0 radical (unpaired) electrons. The highest BCUT2D eigenvalue weighted by Gasteiger charge is 2.26. The molecular formula is C12H20N4O2S. The molecule has 1 aliphatic heterocycles. The van der Waals surface area contributed by atoms with Crippen LogP contribution in [0.25, 0.3) is 0 Å². The maximum absolute atomic E-state index is 11.2. The first-order valence-electron chi connectivity index (χ1n) is 6.69. The van der Waals surface area contributed by atoms with Crippen LogP contribution in [-0.4, -0.2) is 32.3 Å². The molecule has 1 atom stereocenters. The van der Waals surface area contributed by atoms with Crippen LogP contribution in [-0.2, 0) is 13.5 Å². The molecule has 0 spiro atoms. The van der Waals surface area contributed by atoms with Gasteiger partial charge in [0.05, 0.1) is 4.92 Å². The van der Waals surface area contributed by atoms with Crippen LogP contribution in [0.15, 0.2) is 0 Å². The highest BCUT2D eigenvalue weighted by Crippen LogP contribution is 2.31. The maximum Gasteiger partial charge on any atom is 0.333 e. The molecule has 19 heavy (non-hydrogen) atoms. The van der Waals surface area contributed by atoms with Crippen LogP contribution in [0.1, 0.15) is 31.9 Å². The Balaban J connectivity index is 2.15. The van der Waals surface area contributed by atoms with Crippen molar-refractivity contribution in [1.29, 1.82) is 0 Å². The van der Waals surface area contributed by atoms with Gasteiger partial charge in [-0.3, -0.25) is 10.1 Å². The number of hydrogen-bond donors (Lipinski definition) is 1. The number of nitrogens with zero attached hydrogens (tertiary/aromatic N) is 3. The molecule has 106 valence electrons. The van der Waals surface area contributed by atoms with E-state index >= 15 is 0 Å². The molecule has 0 saturated carbocycles. The Hall–Kier alpha value is -1.24. The molecule has 1 saturated heterocycles. The third kappa shape index (κ3) is 3.20. The van der Waals surface area contributed by atoms with Gasteiger partial charge in [0.1, 0.15) is 5.69 Å². The van der Waals surface area contributed by atoms with Crippen LogP contribution in [0.4, 0.5) is 11.5 Å². The summed E-state index contributed by atoms with van der Waals surface area (Å²) in [6.45, 7) is 2.78. The van der Waals surface area contributed by atoms with E-state index in [0.717, 1.165) is 13.0 Å². The second-order valence-electron chi connectivity index (χ2n) is 4.79. The predicted molar refractivity (Wildman–Crippen MR) is 77.8 cm³/mol. The molecule has 2 heterocycles. The first-order valence-corrected chi connectivity index (χ1v) is 7.74. The van der Waals surface area contributed by atoms with Crippen LogP contribution in [0, 0.1) is 10.1 Å². The molecule has 7 heteroatoms. The molecule has 1 unspecified atom stereocenters. The summed E-state index contributed by atoms with van der Waals surface area (Å²) < 4.78 is 1.60. The van der Waals surface area contributed by atoms with Crippen LogP contribution in [0.2, 0.25) is 0 Å². The summed E-state index contributed by atoms with van der Waals surface area (Å²) >= 11 is 1.94.